The van der Waals surface area contributed by atoms with E-state index in [0.717, 1.165) is 65.4 Å². The Morgan fingerprint density at radius 1 is 0.250 bits per heavy atom. The second-order valence-corrected chi connectivity index (χ2v) is 9.65. The monoisotopic (exact) mass is 660 g/mol. The zero-order valence-corrected chi connectivity index (χ0v) is 25.1. The van der Waals surface area contributed by atoms with Gasteiger partial charge in [0.05, 0.1) is 33.1 Å². The van der Waals surface area contributed by atoms with Gasteiger partial charge in [0.15, 0.2) is 0 Å². The van der Waals surface area contributed by atoms with Gasteiger partial charge in [0.25, 0.3) is 0 Å². The van der Waals surface area contributed by atoms with Crippen molar-refractivity contribution in [3.8, 4) is 0 Å². The minimum Gasteiger partial charge on any atom is -0.412 e. The molecule has 9 aromatic rings. The fourth-order valence-corrected chi connectivity index (χ4v) is 5.04. The molecule has 0 aliphatic carbocycles. The van der Waals surface area contributed by atoms with Crippen LogP contribution in [0.3, 0.4) is 0 Å². The summed E-state index contributed by atoms with van der Waals surface area (Å²) >= 11 is 0. The van der Waals surface area contributed by atoms with Gasteiger partial charge < -0.3 is 5.48 Å². The maximum atomic E-state index is 4.35. The van der Waals surface area contributed by atoms with Crippen LogP contribution >= 0.6 is 0 Å². The molecule has 0 saturated carbocycles. The number of hydrogen-bond donors (Lipinski definition) is 0. The quantitative estimate of drug-likeness (QED) is 0.123. The number of fused-ring (bicyclic) bond motifs is 9. The summed E-state index contributed by atoms with van der Waals surface area (Å²) < 4.78 is 0. The first kappa shape index (κ1) is 30.2. The van der Waals surface area contributed by atoms with E-state index in [9.17, 15) is 0 Å². The van der Waals surface area contributed by atoms with Gasteiger partial charge in [-0.2, -0.15) is 0 Å². The smallest absolute Gasteiger partial charge is 0.0964 e. The molecule has 7 nitrogen and oxygen atoms in total. The van der Waals surface area contributed by atoms with E-state index in [2.05, 4.69) is 103 Å². The normalized spacial score (nSPS) is 10.4. The second-order valence-electron chi connectivity index (χ2n) is 9.65. The SMILES string of the molecule is O.[Ru].c1cnc2c(c1)ccc1cccnc12.c1cnc2c(c1)ccc1cccnc12.c1cnc2c(c1)ccc1cccnc12. The predicted molar refractivity (Wildman–Crippen MR) is 175 cm³/mol. The van der Waals surface area contributed by atoms with E-state index in [0.29, 0.717) is 0 Å². The Balaban J connectivity index is 0.000000128. The number of pyridine rings is 6. The molecule has 0 saturated heterocycles. The van der Waals surface area contributed by atoms with Crippen LogP contribution in [0.25, 0.3) is 65.4 Å². The van der Waals surface area contributed by atoms with Crippen LogP contribution in [0.4, 0.5) is 0 Å². The number of nitrogens with zero attached hydrogens (tertiary/aromatic N) is 6. The molecule has 0 amide bonds. The average Bonchev–Trinajstić information content (AvgIpc) is 3.09. The first-order valence-corrected chi connectivity index (χ1v) is 13.6. The molecule has 0 bridgehead atoms. The first-order valence-electron chi connectivity index (χ1n) is 13.6. The summed E-state index contributed by atoms with van der Waals surface area (Å²) in [7, 11) is 0. The van der Waals surface area contributed by atoms with E-state index in [-0.39, 0.29) is 25.0 Å². The molecule has 6 heterocycles. The molecule has 2 N–H and O–H groups in total. The van der Waals surface area contributed by atoms with Crippen LogP contribution in [0.5, 0.6) is 0 Å². The van der Waals surface area contributed by atoms with Crippen molar-refractivity contribution >= 4 is 65.4 Å². The van der Waals surface area contributed by atoms with Gasteiger partial charge in [0, 0.05) is 89.0 Å². The van der Waals surface area contributed by atoms with E-state index >= 15 is 0 Å². The molecule has 0 radical (unpaired) electrons. The van der Waals surface area contributed by atoms with Gasteiger partial charge in [-0.3, -0.25) is 29.9 Å². The van der Waals surface area contributed by atoms with Crippen molar-refractivity contribution in [3.63, 3.8) is 0 Å². The fourth-order valence-electron chi connectivity index (χ4n) is 5.04. The van der Waals surface area contributed by atoms with E-state index in [1.54, 1.807) is 37.2 Å². The van der Waals surface area contributed by atoms with Gasteiger partial charge in [-0.1, -0.05) is 72.8 Å². The first-order chi connectivity index (χ1) is 20.8. The van der Waals surface area contributed by atoms with Gasteiger partial charge in [0.2, 0.25) is 0 Å². The molecule has 44 heavy (non-hydrogen) atoms. The van der Waals surface area contributed by atoms with Crippen LogP contribution in [0.1, 0.15) is 0 Å². The summed E-state index contributed by atoms with van der Waals surface area (Å²) in [6.45, 7) is 0. The maximum absolute atomic E-state index is 4.35. The molecule has 6 aromatic heterocycles. The number of rotatable bonds is 0. The average molecular weight is 660 g/mol. The molecule has 0 aliphatic heterocycles. The molecule has 8 heteroatoms. The van der Waals surface area contributed by atoms with E-state index < -0.39 is 0 Å². The molecule has 0 unspecified atom stereocenters. The third kappa shape index (κ3) is 6.08. The molecule has 0 aliphatic rings. The maximum Gasteiger partial charge on any atom is 0.0964 e. The van der Waals surface area contributed by atoms with Crippen LogP contribution in [0.2, 0.25) is 0 Å². The van der Waals surface area contributed by atoms with Crippen molar-refractivity contribution in [1.29, 1.82) is 0 Å². The van der Waals surface area contributed by atoms with E-state index in [4.69, 9.17) is 0 Å². The van der Waals surface area contributed by atoms with Crippen molar-refractivity contribution in [2.24, 2.45) is 0 Å². The molecular weight excluding hydrogens is 634 g/mol. The van der Waals surface area contributed by atoms with Crippen molar-refractivity contribution in [2.75, 3.05) is 0 Å². The Morgan fingerprint density at radius 3 is 0.568 bits per heavy atom. The summed E-state index contributed by atoms with van der Waals surface area (Å²) in [5.74, 6) is 0. The Hall–Kier alpha value is -5.30. The van der Waals surface area contributed by atoms with Gasteiger partial charge in [0.1, 0.15) is 0 Å². The second kappa shape index (κ2) is 13.8. The molecule has 0 atom stereocenters. The Labute approximate surface area is 265 Å². The van der Waals surface area contributed by atoms with Gasteiger partial charge in [-0.25, -0.2) is 0 Å². The summed E-state index contributed by atoms with van der Waals surface area (Å²) in [4.78, 5) is 26.1. The van der Waals surface area contributed by atoms with E-state index in [1.165, 1.54) is 0 Å². The van der Waals surface area contributed by atoms with E-state index in [1.807, 2.05) is 36.4 Å². The Bertz CT molecular complexity index is 1920. The third-order valence-electron chi connectivity index (χ3n) is 7.03. The fraction of sp³-hybridized carbons (Fsp3) is 0. The number of benzene rings is 3. The predicted octanol–water partition coefficient (Wildman–Crippen LogP) is 7.52. The van der Waals surface area contributed by atoms with Crippen molar-refractivity contribution in [3.05, 3.63) is 146 Å². The number of hydrogen-bond acceptors (Lipinski definition) is 6. The van der Waals surface area contributed by atoms with Gasteiger partial charge in [-0.15, -0.1) is 0 Å². The molecular formula is C36H26N6ORu. The Kier molecular flexibility index (Phi) is 9.45. The molecule has 3 aromatic carbocycles. The van der Waals surface area contributed by atoms with Gasteiger partial charge in [-0.05, 0) is 36.4 Å². The van der Waals surface area contributed by atoms with Crippen LogP contribution in [0.15, 0.2) is 146 Å². The summed E-state index contributed by atoms with van der Waals surface area (Å²) in [5, 5.41) is 6.83. The largest absolute Gasteiger partial charge is 0.412 e. The van der Waals surface area contributed by atoms with Crippen LogP contribution < -0.4 is 0 Å². The zero-order chi connectivity index (χ0) is 28.1. The van der Waals surface area contributed by atoms with Crippen LogP contribution in [-0.2, 0) is 19.5 Å². The summed E-state index contributed by atoms with van der Waals surface area (Å²) in [6, 6.07) is 36.4. The Morgan fingerprint density at radius 2 is 0.409 bits per heavy atom. The standard InChI is InChI=1S/3C12H8N2.H2O.Ru/c3*1-3-9-5-6-10-4-2-8-14-12(10)11(9)13-7-1;;/h3*1-8H;1H2;. The van der Waals surface area contributed by atoms with Gasteiger partial charge >= 0.3 is 0 Å². The summed E-state index contributed by atoms with van der Waals surface area (Å²) in [5.41, 5.74) is 5.86. The van der Waals surface area contributed by atoms with Crippen molar-refractivity contribution in [2.45, 2.75) is 0 Å². The molecule has 0 spiro atoms. The summed E-state index contributed by atoms with van der Waals surface area (Å²) in [6.07, 6.45) is 10.8. The third-order valence-corrected chi connectivity index (χ3v) is 7.03. The van der Waals surface area contributed by atoms with Crippen molar-refractivity contribution in [1.82, 2.24) is 29.9 Å². The topological polar surface area (TPSA) is 109 Å². The molecule has 0 fully saturated rings. The molecule has 214 valence electrons. The minimum absolute atomic E-state index is 0. The van der Waals surface area contributed by atoms with Crippen molar-refractivity contribution < 1.29 is 25.0 Å². The van der Waals surface area contributed by atoms with Crippen LogP contribution in [-0.4, -0.2) is 35.4 Å². The van der Waals surface area contributed by atoms with Crippen LogP contribution in [0, 0.1) is 0 Å². The zero-order valence-electron chi connectivity index (χ0n) is 23.4. The molecule has 9 rings (SSSR count). The number of aromatic nitrogens is 6. The minimum atomic E-state index is 0.